The van der Waals surface area contributed by atoms with Crippen molar-refractivity contribution in [3.8, 4) is 11.5 Å². The molecular weight excluding hydrogens is 408 g/mol. The van der Waals surface area contributed by atoms with E-state index in [2.05, 4.69) is 15.1 Å². The highest BCUT2D eigenvalue weighted by molar-refractivity contribution is 7.92. The minimum atomic E-state index is -3.61. The zero-order chi connectivity index (χ0) is 21.6. The van der Waals surface area contributed by atoms with Crippen molar-refractivity contribution in [1.29, 1.82) is 0 Å². The van der Waals surface area contributed by atoms with Gasteiger partial charge >= 0.3 is 0 Å². The minimum absolute atomic E-state index is 0.0284. The van der Waals surface area contributed by atoms with Crippen LogP contribution >= 0.6 is 0 Å². The average molecular weight is 430 g/mol. The summed E-state index contributed by atoms with van der Waals surface area (Å²) in [6.07, 6.45) is 6.21. The van der Waals surface area contributed by atoms with Crippen LogP contribution in [0.4, 0.5) is 5.69 Å². The molecule has 0 bridgehead atoms. The molecule has 0 aliphatic heterocycles. The van der Waals surface area contributed by atoms with E-state index in [9.17, 15) is 13.2 Å². The monoisotopic (exact) mass is 430 g/mol. The van der Waals surface area contributed by atoms with Gasteiger partial charge in [0.2, 0.25) is 15.9 Å². The predicted octanol–water partition coefficient (Wildman–Crippen LogP) is 1.92. The van der Waals surface area contributed by atoms with Gasteiger partial charge in [-0.25, -0.2) is 12.9 Å². The van der Waals surface area contributed by atoms with Crippen LogP contribution in [0.5, 0.6) is 11.5 Å². The van der Waals surface area contributed by atoms with Gasteiger partial charge in [-0.15, -0.1) is 0 Å². The number of carbonyl (C=O) groups is 1. The Bertz CT molecular complexity index is 1170. The quantitative estimate of drug-likeness (QED) is 0.502. The number of nitrogens with zero attached hydrogens (tertiary/aromatic N) is 2. The number of fused-ring (bicyclic) bond motifs is 1. The molecule has 0 unspecified atom stereocenters. The largest absolute Gasteiger partial charge is 0.493 e. The Morgan fingerprint density at radius 2 is 1.93 bits per heavy atom. The lowest BCUT2D eigenvalue weighted by atomic mass is 10.2. The highest BCUT2D eigenvalue weighted by Gasteiger charge is 2.11. The second kappa shape index (κ2) is 9.31. The Hall–Kier alpha value is -3.53. The Kier molecular flexibility index (Phi) is 6.58. The third-order valence-electron chi connectivity index (χ3n) is 4.18. The lowest BCUT2D eigenvalue weighted by molar-refractivity contribution is -0.116. The van der Waals surface area contributed by atoms with Crippen molar-refractivity contribution < 1.29 is 22.7 Å². The van der Waals surface area contributed by atoms with Crippen LogP contribution in [0, 0.1) is 0 Å². The van der Waals surface area contributed by atoms with Gasteiger partial charge in [-0.1, -0.05) is 6.07 Å². The van der Waals surface area contributed by atoms with Gasteiger partial charge in [0.15, 0.2) is 11.5 Å². The molecule has 2 aromatic heterocycles. The summed E-state index contributed by atoms with van der Waals surface area (Å²) in [5, 5.41) is 6.61. The number of methoxy groups -OCH3 is 2. The van der Waals surface area contributed by atoms with Gasteiger partial charge in [-0.2, -0.15) is 5.10 Å². The second-order valence-electron chi connectivity index (χ2n) is 6.28. The van der Waals surface area contributed by atoms with Gasteiger partial charge in [0.1, 0.15) is 0 Å². The molecule has 3 aromatic rings. The number of pyridine rings is 1. The number of sulfonamides is 1. The highest BCUT2D eigenvalue weighted by Crippen LogP contribution is 2.27. The summed E-state index contributed by atoms with van der Waals surface area (Å²) < 4.78 is 39.0. The number of aromatic nitrogens is 2. The van der Waals surface area contributed by atoms with E-state index in [1.165, 1.54) is 13.2 Å². The van der Waals surface area contributed by atoms with Crippen LogP contribution in [0.15, 0.2) is 54.9 Å². The van der Waals surface area contributed by atoms with Gasteiger partial charge in [-0.3, -0.25) is 9.52 Å². The summed E-state index contributed by atoms with van der Waals surface area (Å²) in [5.74, 6) is 0.476. The Labute approximate surface area is 174 Å². The third-order valence-corrected chi connectivity index (χ3v) is 5.47. The fourth-order valence-electron chi connectivity index (χ4n) is 2.71. The predicted molar refractivity (Wildman–Crippen MR) is 114 cm³/mol. The van der Waals surface area contributed by atoms with Crippen LogP contribution in [0.2, 0.25) is 0 Å². The molecule has 0 aliphatic rings. The molecule has 0 radical (unpaired) electrons. The molecule has 0 spiro atoms. The first-order chi connectivity index (χ1) is 14.4. The molecule has 0 saturated carbocycles. The molecule has 1 aromatic carbocycles. The standard InChI is InChI=1S/C20H22N4O5S/c1-28-18-5-3-15(13-19(18)29-2)4-6-20(25)21-10-12-30(26,27)23-16-8-11-24-17(14-16)7-9-22-24/h3-9,11,13-14,23H,10,12H2,1-2H3,(H,21,25)/b6-4+. The van der Waals surface area contributed by atoms with Gasteiger partial charge < -0.3 is 14.8 Å². The summed E-state index contributed by atoms with van der Waals surface area (Å²) in [6, 6.07) is 10.3. The SMILES string of the molecule is COc1ccc(/C=C/C(=O)NCCS(=O)(=O)Nc2ccn3nccc3c2)cc1OC. The summed E-state index contributed by atoms with van der Waals surface area (Å²) in [7, 11) is -0.545. The van der Waals surface area contributed by atoms with Gasteiger partial charge in [0.05, 0.1) is 31.2 Å². The lowest BCUT2D eigenvalue weighted by Gasteiger charge is -2.09. The maximum absolute atomic E-state index is 12.2. The fourth-order valence-corrected chi connectivity index (χ4v) is 3.67. The van der Waals surface area contributed by atoms with E-state index in [4.69, 9.17) is 9.47 Å². The van der Waals surface area contributed by atoms with Gasteiger partial charge in [0.25, 0.3) is 0 Å². The number of nitrogens with one attached hydrogen (secondary N) is 2. The van der Waals surface area contributed by atoms with Crippen molar-refractivity contribution in [3.63, 3.8) is 0 Å². The van der Waals surface area contributed by atoms with Crippen molar-refractivity contribution in [3.05, 3.63) is 60.4 Å². The number of ether oxygens (including phenoxy) is 2. The van der Waals surface area contributed by atoms with E-state index in [0.29, 0.717) is 17.2 Å². The molecule has 158 valence electrons. The number of hydrogen-bond donors (Lipinski definition) is 2. The van der Waals surface area contributed by atoms with Crippen molar-refractivity contribution in [2.24, 2.45) is 0 Å². The number of carbonyl (C=O) groups excluding carboxylic acids is 1. The first-order valence-electron chi connectivity index (χ1n) is 9.02. The third kappa shape index (κ3) is 5.51. The Balaban J connectivity index is 1.51. The normalized spacial score (nSPS) is 11.5. The van der Waals surface area contributed by atoms with Gasteiger partial charge in [-0.05, 0) is 42.0 Å². The molecule has 0 saturated heterocycles. The van der Waals surface area contributed by atoms with Crippen LogP contribution in [0.1, 0.15) is 5.56 Å². The molecule has 2 heterocycles. The number of rotatable bonds is 9. The summed E-state index contributed by atoms with van der Waals surface area (Å²) >= 11 is 0. The maximum atomic E-state index is 12.2. The van der Waals surface area contributed by atoms with Crippen molar-refractivity contribution in [2.45, 2.75) is 0 Å². The average Bonchev–Trinajstić information content (AvgIpc) is 3.19. The van der Waals surface area contributed by atoms with Gasteiger partial charge in [0, 0.05) is 25.0 Å². The smallest absolute Gasteiger partial charge is 0.244 e. The number of hydrogen-bond acceptors (Lipinski definition) is 6. The Morgan fingerprint density at radius 1 is 1.13 bits per heavy atom. The van der Waals surface area contributed by atoms with E-state index in [-0.39, 0.29) is 12.3 Å². The van der Waals surface area contributed by atoms with E-state index in [1.807, 2.05) is 0 Å². The van der Waals surface area contributed by atoms with Crippen LogP contribution < -0.4 is 19.5 Å². The maximum Gasteiger partial charge on any atom is 0.244 e. The first-order valence-corrected chi connectivity index (χ1v) is 10.7. The van der Waals surface area contributed by atoms with Crippen LogP contribution in [0.3, 0.4) is 0 Å². The molecule has 2 N–H and O–H groups in total. The molecule has 9 nitrogen and oxygen atoms in total. The molecule has 0 fully saturated rings. The summed E-state index contributed by atoms with van der Waals surface area (Å²) in [6.45, 7) is -0.0284. The van der Waals surface area contributed by atoms with E-state index in [0.717, 1.165) is 11.1 Å². The van der Waals surface area contributed by atoms with Crippen molar-refractivity contribution >= 4 is 33.2 Å². The van der Waals surface area contributed by atoms with Crippen LogP contribution in [-0.4, -0.2) is 50.5 Å². The van der Waals surface area contributed by atoms with E-state index < -0.39 is 15.9 Å². The molecule has 10 heteroatoms. The lowest BCUT2D eigenvalue weighted by Crippen LogP contribution is -2.30. The first kappa shape index (κ1) is 21.2. The minimum Gasteiger partial charge on any atom is -0.493 e. The molecule has 30 heavy (non-hydrogen) atoms. The van der Waals surface area contributed by atoms with Crippen molar-refractivity contribution in [2.75, 3.05) is 31.2 Å². The zero-order valence-electron chi connectivity index (χ0n) is 16.5. The van der Waals surface area contributed by atoms with E-state index >= 15 is 0 Å². The Morgan fingerprint density at radius 3 is 2.70 bits per heavy atom. The summed E-state index contributed by atoms with van der Waals surface area (Å²) in [5.41, 5.74) is 1.94. The number of benzene rings is 1. The fraction of sp³-hybridized carbons (Fsp3) is 0.200. The van der Waals surface area contributed by atoms with Crippen LogP contribution in [-0.2, 0) is 14.8 Å². The van der Waals surface area contributed by atoms with Crippen LogP contribution in [0.25, 0.3) is 11.6 Å². The number of amides is 1. The molecular formula is C20H22N4O5S. The molecule has 0 aliphatic carbocycles. The topological polar surface area (TPSA) is 111 Å². The zero-order valence-corrected chi connectivity index (χ0v) is 17.3. The number of anilines is 1. The molecule has 1 amide bonds. The molecule has 3 rings (SSSR count). The van der Waals surface area contributed by atoms with Crippen molar-refractivity contribution in [1.82, 2.24) is 14.9 Å². The second-order valence-corrected chi connectivity index (χ2v) is 8.12. The molecule has 0 atom stereocenters. The highest BCUT2D eigenvalue weighted by atomic mass is 32.2. The summed E-state index contributed by atoms with van der Waals surface area (Å²) in [4.78, 5) is 12.0. The van der Waals surface area contributed by atoms with E-state index in [1.54, 1.807) is 66.5 Å².